The summed E-state index contributed by atoms with van der Waals surface area (Å²) in [6, 6.07) is 16.9. The van der Waals surface area contributed by atoms with E-state index in [1.807, 2.05) is 12.1 Å². The average molecular weight is 454 g/mol. The minimum absolute atomic E-state index is 0.235. The summed E-state index contributed by atoms with van der Waals surface area (Å²) in [7, 11) is 0. The molecule has 2 atom stereocenters. The first-order valence-corrected chi connectivity index (χ1v) is 12.2. The molecule has 0 radical (unpaired) electrons. The van der Waals surface area contributed by atoms with Crippen molar-refractivity contribution in [2.75, 3.05) is 18.0 Å². The number of allylic oxidation sites excluding steroid dienone is 3. The van der Waals surface area contributed by atoms with Crippen LogP contribution in [0.3, 0.4) is 0 Å². The van der Waals surface area contributed by atoms with Crippen LogP contribution in [0.25, 0.3) is 10.9 Å². The first kappa shape index (κ1) is 22.2. The number of benzene rings is 2. The first-order chi connectivity index (χ1) is 16.5. The van der Waals surface area contributed by atoms with E-state index in [0.717, 1.165) is 53.0 Å². The third-order valence-corrected chi connectivity index (χ3v) is 7.60. The second kappa shape index (κ2) is 8.32. The Morgan fingerprint density at radius 1 is 1.00 bits per heavy atom. The zero-order valence-corrected chi connectivity index (χ0v) is 20.3. The Kier molecular flexibility index (Phi) is 5.43. The standard InChI is InChI=1S/C29H31N3O2/c1-5-31(6-2)21-16-14-20(15-17-21)29(18-10-12-23-26(29)28(34)30-27(23)33)25-19(4)32(7-3)24-13-9-8-11-22(24)25/h8-18,26H,5-7H2,1-4H3,(H,30,33,34). The summed E-state index contributed by atoms with van der Waals surface area (Å²) in [4.78, 5) is 28.4. The molecule has 5 heteroatoms. The highest BCUT2D eigenvalue weighted by atomic mass is 16.2. The first-order valence-electron chi connectivity index (χ1n) is 12.2. The minimum Gasteiger partial charge on any atom is -0.372 e. The largest absolute Gasteiger partial charge is 0.372 e. The number of carbonyl (C=O) groups is 2. The number of amides is 2. The second-order valence-electron chi connectivity index (χ2n) is 9.04. The summed E-state index contributed by atoms with van der Waals surface area (Å²) < 4.78 is 2.30. The molecule has 1 aliphatic heterocycles. The van der Waals surface area contributed by atoms with E-state index in [2.05, 4.69) is 91.0 Å². The van der Waals surface area contributed by atoms with Gasteiger partial charge < -0.3 is 9.47 Å². The van der Waals surface area contributed by atoms with Crippen LogP contribution in [0.1, 0.15) is 37.6 Å². The zero-order valence-electron chi connectivity index (χ0n) is 20.3. The molecule has 2 heterocycles. The van der Waals surface area contributed by atoms with E-state index in [-0.39, 0.29) is 11.8 Å². The highest BCUT2D eigenvalue weighted by Gasteiger charge is 2.54. The molecule has 5 nitrogen and oxygen atoms in total. The predicted molar refractivity (Wildman–Crippen MR) is 137 cm³/mol. The van der Waals surface area contributed by atoms with Crippen molar-refractivity contribution in [2.45, 2.75) is 39.7 Å². The van der Waals surface area contributed by atoms with Gasteiger partial charge in [0.2, 0.25) is 5.91 Å². The molecule has 1 N–H and O–H groups in total. The molecule has 3 aromatic rings. The van der Waals surface area contributed by atoms with Crippen molar-refractivity contribution in [1.82, 2.24) is 9.88 Å². The predicted octanol–water partition coefficient (Wildman–Crippen LogP) is 4.87. The Bertz CT molecular complexity index is 1340. The topological polar surface area (TPSA) is 54.3 Å². The number of imide groups is 1. The zero-order chi connectivity index (χ0) is 24.0. The summed E-state index contributed by atoms with van der Waals surface area (Å²) in [6.07, 6.45) is 5.86. The van der Waals surface area contributed by atoms with Gasteiger partial charge in [-0.2, -0.15) is 0 Å². The molecule has 2 aliphatic rings. The lowest BCUT2D eigenvalue weighted by atomic mass is 9.61. The molecule has 34 heavy (non-hydrogen) atoms. The SMILES string of the molecule is CCN(CC)c1ccc(C2(c3c(C)n(CC)c4ccccc34)C=CC=C3C(=O)NC(=O)C32)cc1. The number of nitrogens with zero attached hydrogens (tertiary/aromatic N) is 2. The van der Waals surface area contributed by atoms with E-state index >= 15 is 0 Å². The fraction of sp³-hybridized carbons (Fsp3) is 0.310. The van der Waals surface area contributed by atoms with Gasteiger partial charge in [-0.15, -0.1) is 0 Å². The van der Waals surface area contributed by atoms with Crippen LogP contribution in [0, 0.1) is 12.8 Å². The van der Waals surface area contributed by atoms with Gasteiger partial charge in [0.05, 0.1) is 11.3 Å². The van der Waals surface area contributed by atoms with Crippen LogP contribution >= 0.6 is 0 Å². The van der Waals surface area contributed by atoms with Crippen molar-refractivity contribution in [3.63, 3.8) is 0 Å². The summed E-state index contributed by atoms with van der Waals surface area (Å²) >= 11 is 0. The van der Waals surface area contributed by atoms with Crippen molar-refractivity contribution < 1.29 is 9.59 Å². The van der Waals surface area contributed by atoms with Crippen LogP contribution < -0.4 is 10.2 Å². The van der Waals surface area contributed by atoms with Crippen LogP contribution in [0.4, 0.5) is 5.69 Å². The molecule has 1 aromatic heterocycles. The van der Waals surface area contributed by atoms with Gasteiger partial charge in [0.15, 0.2) is 0 Å². The fourth-order valence-electron chi connectivity index (χ4n) is 6.08. The lowest BCUT2D eigenvalue weighted by molar-refractivity contribution is -0.126. The van der Waals surface area contributed by atoms with Crippen molar-refractivity contribution in [1.29, 1.82) is 0 Å². The summed E-state index contributed by atoms with van der Waals surface area (Å²) in [5, 5.41) is 3.71. The van der Waals surface area contributed by atoms with Crippen molar-refractivity contribution in [3.8, 4) is 0 Å². The van der Waals surface area contributed by atoms with Crippen LogP contribution in [-0.2, 0) is 21.5 Å². The number of rotatable bonds is 6. The molecule has 2 aromatic carbocycles. The smallest absolute Gasteiger partial charge is 0.254 e. The highest BCUT2D eigenvalue weighted by Crippen LogP contribution is 2.51. The number of aromatic nitrogens is 1. The van der Waals surface area contributed by atoms with E-state index in [1.54, 1.807) is 6.08 Å². The van der Waals surface area contributed by atoms with Gasteiger partial charge in [-0.25, -0.2) is 0 Å². The van der Waals surface area contributed by atoms with Gasteiger partial charge in [0.25, 0.3) is 5.91 Å². The number of hydrogen-bond donors (Lipinski definition) is 1. The van der Waals surface area contributed by atoms with Gasteiger partial charge in [0.1, 0.15) is 0 Å². The Hall–Kier alpha value is -3.60. The molecule has 0 saturated carbocycles. The molecule has 0 bridgehead atoms. The molecular formula is C29H31N3O2. The Morgan fingerprint density at radius 3 is 2.38 bits per heavy atom. The molecule has 2 unspecified atom stereocenters. The van der Waals surface area contributed by atoms with Gasteiger partial charge in [-0.05, 0) is 57.0 Å². The third kappa shape index (κ3) is 2.99. The Labute approximate surface area is 200 Å². The third-order valence-electron chi connectivity index (χ3n) is 7.60. The Balaban J connectivity index is 1.83. The number of fused-ring (bicyclic) bond motifs is 2. The number of para-hydroxylation sites is 1. The lowest BCUT2D eigenvalue weighted by Crippen LogP contribution is -2.41. The van der Waals surface area contributed by atoms with Crippen LogP contribution in [0.2, 0.25) is 0 Å². The van der Waals surface area contributed by atoms with E-state index in [1.165, 1.54) is 0 Å². The molecule has 1 fully saturated rings. The van der Waals surface area contributed by atoms with Crippen molar-refractivity contribution >= 4 is 28.4 Å². The van der Waals surface area contributed by atoms with Gasteiger partial charge in [-0.3, -0.25) is 14.9 Å². The number of carbonyl (C=O) groups excluding carboxylic acids is 2. The van der Waals surface area contributed by atoms with Crippen LogP contribution in [-0.4, -0.2) is 29.5 Å². The van der Waals surface area contributed by atoms with Gasteiger partial charge in [-0.1, -0.05) is 48.6 Å². The number of anilines is 1. The lowest BCUT2D eigenvalue weighted by Gasteiger charge is -2.39. The van der Waals surface area contributed by atoms with E-state index in [4.69, 9.17) is 0 Å². The minimum atomic E-state index is -0.785. The fourth-order valence-corrected chi connectivity index (χ4v) is 6.08. The maximum atomic E-state index is 13.4. The molecule has 2 amide bonds. The second-order valence-corrected chi connectivity index (χ2v) is 9.04. The van der Waals surface area contributed by atoms with Crippen LogP contribution in [0.15, 0.2) is 72.3 Å². The number of hydrogen-bond acceptors (Lipinski definition) is 3. The normalized spacial score (nSPS) is 21.5. The van der Waals surface area contributed by atoms with E-state index in [0.29, 0.717) is 5.57 Å². The molecule has 0 spiro atoms. The highest BCUT2D eigenvalue weighted by molar-refractivity contribution is 6.17. The van der Waals surface area contributed by atoms with Crippen molar-refractivity contribution in [2.24, 2.45) is 5.92 Å². The summed E-state index contributed by atoms with van der Waals surface area (Å²) in [5.41, 5.74) is 5.28. The maximum Gasteiger partial charge on any atom is 0.254 e. The molecule has 5 rings (SSSR count). The van der Waals surface area contributed by atoms with Gasteiger partial charge in [0, 0.05) is 47.5 Å². The van der Waals surface area contributed by atoms with Crippen LogP contribution in [0.5, 0.6) is 0 Å². The van der Waals surface area contributed by atoms with E-state index < -0.39 is 11.3 Å². The Morgan fingerprint density at radius 2 is 1.71 bits per heavy atom. The average Bonchev–Trinajstić information content (AvgIpc) is 3.32. The molecular weight excluding hydrogens is 422 g/mol. The molecule has 1 aliphatic carbocycles. The number of nitrogens with one attached hydrogen (secondary N) is 1. The van der Waals surface area contributed by atoms with E-state index in [9.17, 15) is 9.59 Å². The van der Waals surface area contributed by atoms with Gasteiger partial charge >= 0.3 is 0 Å². The molecule has 174 valence electrons. The molecule has 1 saturated heterocycles. The summed E-state index contributed by atoms with van der Waals surface area (Å²) in [6.45, 7) is 11.3. The maximum absolute atomic E-state index is 13.4. The number of aryl methyl sites for hydroxylation is 1. The monoisotopic (exact) mass is 453 g/mol. The van der Waals surface area contributed by atoms with Crippen molar-refractivity contribution in [3.05, 3.63) is 89.2 Å². The summed E-state index contributed by atoms with van der Waals surface area (Å²) in [5.74, 6) is -1.14. The quantitative estimate of drug-likeness (QED) is 0.542.